The molecule has 0 bridgehead atoms. The second-order valence-corrected chi connectivity index (χ2v) is 10.5. The summed E-state index contributed by atoms with van der Waals surface area (Å²) in [4.78, 5) is 30.3. The predicted molar refractivity (Wildman–Crippen MR) is 152 cm³/mol. The maximum absolute atomic E-state index is 14.0. The average Bonchev–Trinajstić information content (AvgIpc) is 3.07. The molecule has 0 aromatic heterocycles. The number of aliphatic carboxylic acids is 1. The van der Waals surface area contributed by atoms with Gasteiger partial charge in [-0.3, -0.25) is 4.79 Å². The number of methoxy groups -OCH3 is 2. The van der Waals surface area contributed by atoms with Gasteiger partial charge in [-0.05, 0) is 61.0 Å². The molecule has 3 aromatic carbocycles. The van der Waals surface area contributed by atoms with Gasteiger partial charge in [0.15, 0.2) is 6.10 Å². The lowest BCUT2D eigenvalue weighted by atomic mass is 10.1. The molecule has 2 atom stereocenters. The molecule has 1 amide bonds. The molecule has 3 aromatic rings. The van der Waals surface area contributed by atoms with E-state index in [0.717, 1.165) is 34.9 Å². The first kappa shape index (κ1) is 28.5. The number of anilines is 1. The van der Waals surface area contributed by atoms with Crippen molar-refractivity contribution in [3.05, 3.63) is 83.9 Å². The van der Waals surface area contributed by atoms with Gasteiger partial charge < -0.3 is 29.1 Å². The number of benzene rings is 3. The molecule has 39 heavy (non-hydrogen) atoms. The lowest BCUT2D eigenvalue weighted by molar-refractivity contribution is -0.147. The summed E-state index contributed by atoms with van der Waals surface area (Å²) in [5, 5.41) is 8.91. The molecule has 0 fully saturated rings. The number of amides is 1. The first-order valence-corrected chi connectivity index (χ1v) is 13.6. The van der Waals surface area contributed by atoms with E-state index < -0.39 is 23.9 Å². The molecule has 0 saturated carbocycles. The zero-order valence-electron chi connectivity index (χ0n) is 22.4. The van der Waals surface area contributed by atoms with Crippen LogP contribution in [0.15, 0.2) is 77.7 Å². The van der Waals surface area contributed by atoms with Gasteiger partial charge in [0.1, 0.15) is 18.1 Å². The molecule has 0 aliphatic carbocycles. The summed E-state index contributed by atoms with van der Waals surface area (Å²) in [6.45, 7) is 1.34. The van der Waals surface area contributed by atoms with Crippen LogP contribution in [0.1, 0.15) is 16.4 Å². The van der Waals surface area contributed by atoms with Crippen LogP contribution in [0.3, 0.4) is 0 Å². The first-order valence-electron chi connectivity index (χ1n) is 12.8. The number of hydrogen-bond acceptors (Lipinski definition) is 7. The molecular weight excluding hydrogens is 516 g/mol. The van der Waals surface area contributed by atoms with E-state index in [0.29, 0.717) is 18.8 Å². The van der Waals surface area contributed by atoms with Crippen molar-refractivity contribution in [2.45, 2.75) is 22.7 Å². The van der Waals surface area contributed by atoms with Crippen LogP contribution >= 0.6 is 11.8 Å². The highest BCUT2D eigenvalue weighted by atomic mass is 32.2. The fraction of sp³-hybridized carbons (Fsp3) is 0.333. The van der Waals surface area contributed by atoms with Crippen molar-refractivity contribution in [3.63, 3.8) is 0 Å². The number of rotatable bonds is 12. The number of carboxylic acids is 1. The summed E-state index contributed by atoms with van der Waals surface area (Å²) in [5.74, 6) is 0.160. The smallest absolute Gasteiger partial charge is 0.329 e. The molecule has 0 unspecified atom stereocenters. The molecule has 8 nitrogen and oxygen atoms in total. The number of nitrogens with zero attached hydrogens (tertiary/aromatic N) is 2. The number of thioether (sulfide) groups is 1. The molecule has 0 radical (unpaired) electrons. The van der Waals surface area contributed by atoms with Crippen LogP contribution in [0.2, 0.25) is 0 Å². The molecule has 206 valence electrons. The molecule has 4 rings (SSSR count). The van der Waals surface area contributed by atoms with Gasteiger partial charge in [0.25, 0.3) is 5.91 Å². The van der Waals surface area contributed by atoms with E-state index in [9.17, 15) is 14.7 Å². The highest BCUT2D eigenvalue weighted by Crippen LogP contribution is 2.46. The van der Waals surface area contributed by atoms with E-state index in [1.165, 1.54) is 17.3 Å². The quantitative estimate of drug-likeness (QED) is 0.352. The minimum atomic E-state index is -1.12. The van der Waals surface area contributed by atoms with E-state index in [1.807, 2.05) is 67.7 Å². The molecule has 1 aliphatic heterocycles. The van der Waals surface area contributed by atoms with Gasteiger partial charge in [-0.25, -0.2) is 4.79 Å². The van der Waals surface area contributed by atoms with E-state index in [2.05, 4.69) is 17.0 Å². The topological polar surface area (TPSA) is 88.5 Å². The Labute approximate surface area is 233 Å². The fourth-order valence-electron chi connectivity index (χ4n) is 4.46. The second kappa shape index (κ2) is 13.5. The molecule has 1 aliphatic rings. The Kier molecular flexibility index (Phi) is 9.86. The Morgan fingerprint density at radius 3 is 2.23 bits per heavy atom. The minimum absolute atomic E-state index is 0.252. The van der Waals surface area contributed by atoms with Crippen molar-refractivity contribution in [1.29, 1.82) is 0 Å². The van der Waals surface area contributed by atoms with Gasteiger partial charge >= 0.3 is 5.97 Å². The lowest BCUT2D eigenvalue weighted by Crippen LogP contribution is -2.45. The standard InChI is InChI=1S/C30H34N2O6S/c1-31(17-16-21-8-12-23(36-2)13-9-21)18-19-32-25-6-4-5-7-26(25)39-29(22-10-14-24(37-3)15-11-22)28(30(32)35)38-20-27(33)34/h4-15,28-29H,16-20H2,1-3H3,(H,33,34)/t28-,29+/m1/s1. The maximum atomic E-state index is 14.0. The summed E-state index contributed by atoms with van der Waals surface area (Å²) in [5.41, 5.74) is 2.87. The third kappa shape index (κ3) is 7.32. The Morgan fingerprint density at radius 1 is 0.949 bits per heavy atom. The maximum Gasteiger partial charge on any atom is 0.329 e. The highest BCUT2D eigenvalue weighted by molar-refractivity contribution is 7.99. The van der Waals surface area contributed by atoms with Gasteiger partial charge in [0.2, 0.25) is 0 Å². The average molecular weight is 551 g/mol. The van der Waals surface area contributed by atoms with Crippen LogP contribution in [0.5, 0.6) is 11.5 Å². The normalized spacial score (nSPS) is 17.0. The molecule has 1 heterocycles. The molecular formula is C30H34N2O6S. The number of likely N-dealkylation sites (N-methyl/N-ethyl adjacent to an activating group) is 1. The highest BCUT2D eigenvalue weighted by Gasteiger charge is 2.39. The summed E-state index contributed by atoms with van der Waals surface area (Å²) in [6.07, 6.45) is -0.110. The number of hydrogen-bond donors (Lipinski definition) is 1. The van der Waals surface area contributed by atoms with Crippen molar-refractivity contribution < 1.29 is 28.9 Å². The van der Waals surface area contributed by atoms with Crippen LogP contribution in [-0.2, 0) is 20.7 Å². The van der Waals surface area contributed by atoms with Crippen LogP contribution in [0, 0.1) is 0 Å². The number of para-hydroxylation sites is 1. The summed E-state index contributed by atoms with van der Waals surface area (Å²) < 4.78 is 16.3. The Hall–Kier alpha value is -3.53. The molecule has 1 N–H and O–H groups in total. The van der Waals surface area contributed by atoms with Gasteiger partial charge in [-0.15, -0.1) is 11.8 Å². The third-order valence-electron chi connectivity index (χ3n) is 6.67. The van der Waals surface area contributed by atoms with E-state index in [-0.39, 0.29) is 5.91 Å². The summed E-state index contributed by atoms with van der Waals surface area (Å²) >= 11 is 1.51. The van der Waals surface area contributed by atoms with E-state index in [1.54, 1.807) is 19.1 Å². The predicted octanol–water partition coefficient (Wildman–Crippen LogP) is 4.53. The third-order valence-corrected chi connectivity index (χ3v) is 8.04. The number of carbonyl (C=O) groups is 2. The van der Waals surface area contributed by atoms with Crippen molar-refractivity contribution in [1.82, 2.24) is 4.90 Å². The first-order chi connectivity index (χ1) is 18.9. The monoisotopic (exact) mass is 550 g/mol. The van der Waals surface area contributed by atoms with Crippen LogP contribution in [0.4, 0.5) is 5.69 Å². The number of carbonyl (C=O) groups excluding carboxylic acids is 1. The zero-order valence-corrected chi connectivity index (χ0v) is 23.2. The second-order valence-electron chi connectivity index (χ2n) is 9.30. The molecule has 9 heteroatoms. The summed E-state index contributed by atoms with van der Waals surface area (Å²) in [6, 6.07) is 23.3. The zero-order chi connectivity index (χ0) is 27.8. The van der Waals surface area contributed by atoms with Crippen molar-refractivity contribution in [2.75, 3.05) is 52.4 Å². The summed E-state index contributed by atoms with van der Waals surface area (Å²) in [7, 11) is 5.28. The number of ether oxygens (including phenoxy) is 3. The minimum Gasteiger partial charge on any atom is -0.497 e. The molecule has 0 spiro atoms. The SMILES string of the molecule is COc1ccc(CCN(C)CCN2C(=O)[C@H](OCC(=O)O)[C@H](c3ccc(OC)cc3)Sc3ccccc32)cc1. The molecule has 0 saturated heterocycles. The van der Waals surface area contributed by atoms with Crippen LogP contribution in [0.25, 0.3) is 0 Å². The Morgan fingerprint density at radius 2 is 1.59 bits per heavy atom. The fourth-order valence-corrected chi connectivity index (χ4v) is 5.80. The van der Waals surface area contributed by atoms with E-state index >= 15 is 0 Å². The van der Waals surface area contributed by atoms with Gasteiger partial charge in [-0.1, -0.05) is 36.4 Å². The van der Waals surface area contributed by atoms with Gasteiger partial charge in [-0.2, -0.15) is 0 Å². The Bertz CT molecular complexity index is 1250. The largest absolute Gasteiger partial charge is 0.497 e. The van der Waals surface area contributed by atoms with Crippen molar-refractivity contribution in [2.24, 2.45) is 0 Å². The van der Waals surface area contributed by atoms with Crippen LogP contribution in [-0.4, -0.2) is 75.5 Å². The van der Waals surface area contributed by atoms with Crippen LogP contribution < -0.4 is 14.4 Å². The number of carboxylic acid groups (broad SMARTS) is 1. The van der Waals surface area contributed by atoms with Gasteiger partial charge in [0.05, 0.1) is 25.2 Å². The lowest BCUT2D eigenvalue weighted by Gasteiger charge is -2.29. The van der Waals surface area contributed by atoms with Crippen molar-refractivity contribution >= 4 is 29.3 Å². The van der Waals surface area contributed by atoms with E-state index in [4.69, 9.17) is 14.2 Å². The Balaban J connectivity index is 1.54. The van der Waals surface area contributed by atoms with Crippen molar-refractivity contribution in [3.8, 4) is 11.5 Å². The van der Waals surface area contributed by atoms with Gasteiger partial charge in [0, 0.05) is 24.5 Å². The number of fused-ring (bicyclic) bond motifs is 1.